The van der Waals surface area contributed by atoms with E-state index in [2.05, 4.69) is 24.4 Å². The quantitative estimate of drug-likeness (QED) is 0.741. The summed E-state index contributed by atoms with van der Waals surface area (Å²) >= 11 is 1.59. The molecule has 0 radical (unpaired) electrons. The molecule has 2 aromatic carbocycles. The van der Waals surface area contributed by atoms with Gasteiger partial charge in [0.1, 0.15) is 0 Å². The van der Waals surface area contributed by atoms with Crippen LogP contribution in [0.2, 0.25) is 0 Å². The topological polar surface area (TPSA) is 63.2 Å². The molecule has 1 amide bonds. The monoisotopic (exact) mass is 391 g/mol. The van der Waals surface area contributed by atoms with Crippen molar-refractivity contribution in [3.05, 3.63) is 65.2 Å². The second-order valence-electron chi connectivity index (χ2n) is 6.29. The Labute approximate surface area is 160 Å². The Morgan fingerprint density at radius 1 is 1.12 bits per heavy atom. The molecular weight excluding hydrogens is 366 g/mol. The van der Waals surface area contributed by atoms with Gasteiger partial charge in [0.15, 0.2) is 9.84 Å². The van der Waals surface area contributed by atoms with Gasteiger partial charge in [0.2, 0.25) is 5.91 Å². The number of carbonyl (C=O) groups is 1. The van der Waals surface area contributed by atoms with Crippen molar-refractivity contribution in [2.24, 2.45) is 0 Å². The van der Waals surface area contributed by atoms with Crippen LogP contribution in [0.1, 0.15) is 36.1 Å². The lowest BCUT2D eigenvalue weighted by molar-refractivity contribution is -0.119. The molecule has 0 aromatic heterocycles. The minimum Gasteiger partial charge on any atom is -0.349 e. The molecule has 0 saturated heterocycles. The number of nitrogens with one attached hydrogen (secondary N) is 1. The SMILES string of the molecule is CCC(NC(=O)CSCc1ccccc1C)c1ccc(S(C)(=O)=O)cc1. The summed E-state index contributed by atoms with van der Waals surface area (Å²) in [5.41, 5.74) is 3.39. The Kier molecular flexibility index (Phi) is 7.29. The summed E-state index contributed by atoms with van der Waals surface area (Å²) in [6, 6.07) is 14.8. The normalized spacial score (nSPS) is 12.6. The molecule has 0 heterocycles. The van der Waals surface area contributed by atoms with E-state index in [-0.39, 0.29) is 16.8 Å². The van der Waals surface area contributed by atoms with Crippen molar-refractivity contribution >= 4 is 27.5 Å². The van der Waals surface area contributed by atoms with Crippen LogP contribution in [0.15, 0.2) is 53.4 Å². The summed E-state index contributed by atoms with van der Waals surface area (Å²) in [5, 5.41) is 3.03. The van der Waals surface area contributed by atoms with Crippen molar-refractivity contribution in [3.8, 4) is 0 Å². The van der Waals surface area contributed by atoms with Gasteiger partial charge in [-0.2, -0.15) is 0 Å². The van der Waals surface area contributed by atoms with Crippen molar-refractivity contribution in [1.29, 1.82) is 0 Å². The molecule has 1 atom stereocenters. The van der Waals surface area contributed by atoms with E-state index in [1.165, 1.54) is 17.4 Å². The van der Waals surface area contributed by atoms with Gasteiger partial charge >= 0.3 is 0 Å². The molecule has 0 spiro atoms. The van der Waals surface area contributed by atoms with E-state index in [1.54, 1.807) is 36.0 Å². The van der Waals surface area contributed by atoms with Crippen molar-refractivity contribution in [2.45, 2.75) is 37.0 Å². The number of carbonyl (C=O) groups excluding carboxylic acids is 1. The fourth-order valence-corrected chi connectivity index (χ4v) is 4.18. The van der Waals surface area contributed by atoms with Crippen LogP contribution in [0.25, 0.3) is 0 Å². The summed E-state index contributed by atoms with van der Waals surface area (Å²) in [7, 11) is -3.21. The number of thioether (sulfide) groups is 1. The van der Waals surface area contributed by atoms with Gasteiger partial charge in [-0.1, -0.05) is 43.3 Å². The third kappa shape index (κ3) is 5.88. The maximum Gasteiger partial charge on any atom is 0.230 e. The molecule has 0 fully saturated rings. The molecule has 4 nitrogen and oxygen atoms in total. The Balaban J connectivity index is 1.90. The standard InChI is InChI=1S/C20H25NO3S2/c1-4-19(16-9-11-18(12-10-16)26(3,23)24)21-20(22)14-25-13-17-8-6-5-7-15(17)2/h5-12,19H,4,13-14H2,1-3H3,(H,21,22). The molecule has 6 heteroatoms. The van der Waals surface area contributed by atoms with Crippen LogP contribution in [0.5, 0.6) is 0 Å². The second kappa shape index (κ2) is 9.24. The van der Waals surface area contributed by atoms with Gasteiger partial charge < -0.3 is 5.32 Å². The Morgan fingerprint density at radius 3 is 2.35 bits per heavy atom. The zero-order valence-corrected chi connectivity index (χ0v) is 17.0. The number of amides is 1. The van der Waals surface area contributed by atoms with Crippen molar-refractivity contribution < 1.29 is 13.2 Å². The van der Waals surface area contributed by atoms with Gasteiger partial charge in [0, 0.05) is 12.0 Å². The molecule has 0 bridgehead atoms. The maximum atomic E-state index is 12.3. The summed E-state index contributed by atoms with van der Waals surface area (Å²) in [5.74, 6) is 1.19. The predicted octanol–water partition coefficient (Wildman–Crippen LogP) is 3.90. The molecule has 0 saturated carbocycles. The third-order valence-electron chi connectivity index (χ3n) is 4.21. The van der Waals surface area contributed by atoms with Crippen LogP contribution < -0.4 is 5.32 Å². The molecule has 2 aromatic rings. The highest BCUT2D eigenvalue weighted by Crippen LogP contribution is 2.20. The molecule has 1 unspecified atom stereocenters. The number of rotatable bonds is 8. The van der Waals surface area contributed by atoms with E-state index < -0.39 is 9.84 Å². The number of sulfone groups is 1. The molecule has 140 valence electrons. The number of hydrogen-bond acceptors (Lipinski definition) is 4. The number of aryl methyl sites for hydroxylation is 1. The van der Waals surface area contributed by atoms with Crippen LogP contribution in [-0.2, 0) is 20.4 Å². The van der Waals surface area contributed by atoms with Crippen LogP contribution in [-0.4, -0.2) is 26.3 Å². The summed E-state index contributed by atoms with van der Waals surface area (Å²) in [6.45, 7) is 4.07. The Hall–Kier alpha value is -1.79. The summed E-state index contributed by atoms with van der Waals surface area (Å²) < 4.78 is 23.1. The Morgan fingerprint density at radius 2 is 1.77 bits per heavy atom. The molecule has 0 aliphatic rings. The Bertz CT molecular complexity index is 846. The van der Waals surface area contributed by atoms with E-state index in [1.807, 2.05) is 19.1 Å². The van der Waals surface area contributed by atoms with E-state index in [0.717, 1.165) is 17.7 Å². The lowest BCUT2D eigenvalue weighted by Crippen LogP contribution is -2.29. The van der Waals surface area contributed by atoms with Crippen LogP contribution in [0.3, 0.4) is 0 Å². The first-order chi connectivity index (χ1) is 12.3. The minimum absolute atomic E-state index is 0.0115. The second-order valence-corrected chi connectivity index (χ2v) is 9.29. The van der Waals surface area contributed by atoms with Gasteiger partial charge in [-0.3, -0.25) is 4.79 Å². The number of hydrogen-bond donors (Lipinski definition) is 1. The average molecular weight is 392 g/mol. The minimum atomic E-state index is -3.21. The van der Waals surface area contributed by atoms with E-state index in [9.17, 15) is 13.2 Å². The van der Waals surface area contributed by atoms with E-state index >= 15 is 0 Å². The van der Waals surface area contributed by atoms with Crippen LogP contribution >= 0.6 is 11.8 Å². The van der Waals surface area contributed by atoms with Gasteiger partial charge in [-0.05, 0) is 42.2 Å². The molecule has 26 heavy (non-hydrogen) atoms. The maximum absolute atomic E-state index is 12.3. The van der Waals surface area contributed by atoms with Gasteiger partial charge in [0.05, 0.1) is 16.7 Å². The van der Waals surface area contributed by atoms with E-state index in [0.29, 0.717) is 5.75 Å². The lowest BCUT2D eigenvalue weighted by Gasteiger charge is -2.18. The van der Waals surface area contributed by atoms with Crippen LogP contribution in [0.4, 0.5) is 0 Å². The lowest BCUT2D eigenvalue weighted by atomic mass is 10.0. The fourth-order valence-electron chi connectivity index (χ4n) is 2.63. The zero-order chi connectivity index (χ0) is 19.2. The van der Waals surface area contributed by atoms with Gasteiger partial charge in [0.25, 0.3) is 0 Å². The fraction of sp³-hybridized carbons (Fsp3) is 0.350. The average Bonchev–Trinajstić information content (AvgIpc) is 2.61. The third-order valence-corrected chi connectivity index (χ3v) is 6.32. The first kappa shape index (κ1) is 20.5. The van der Waals surface area contributed by atoms with Crippen LogP contribution in [0, 0.1) is 6.92 Å². The first-order valence-corrected chi connectivity index (χ1v) is 11.6. The highest BCUT2D eigenvalue weighted by molar-refractivity contribution is 7.99. The highest BCUT2D eigenvalue weighted by Gasteiger charge is 2.14. The predicted molar refractivity (Wildman–Crippen MR) is 108 cm³/mol. The summed E-state index contributed by atoms with van der Waals surface area (Å²) in [4.78, 5) is 12.5. The van der Waals surface area contributed by atoms with Gasteiger partial charge in [-0.15, -0.1) is 11.8 Å². The largest absolute Gasteiger partial charge is 0.349 e. The molecule has 0 aliphatic carbocycles. The highest BCUT2D eigenvalue weighted by atomic mass is 32.2. The van der Waals surface area contributed by atoms with Gasteiger partial charge in [-0.25, -0.2) is 8.42 Å². The van der Waals surface area contributed by atoms with E-state index in [4.69, 9.17) is 0 Å². The van der Waals surface area contributed by atoms with Crippen molar-refractivity contribution in [3.63, 3.8) is 0 Å². The number of benzene rings is 2. The zero-order valence-electron chi connectivity index (χ0n) is 15.4. The van der Waals surface area contributed by atoms with Crippen molar-refractivity contribution in [2.75, 3.05) is 12.0 Å². The molecule has 2 rings (SSSR count). The molecule has 0 aliphatic heterocycles. The first-order valence-electron chi connectivity index (χ1n) is 8.53. The molecule has 1 N–H and O–H groups in total. The summed E-state index contributed by atoms with van der Waals surface area (Å²) in [6.07, 6.45) is 1.93. The smallest absolute Gasteiger partial charge is 0.230 e. The van der Waals surface area contributed by atoms with Crippen molar-refractivity contribution in [1.82, 2.24) is 5.32 Å². The molecular formula is C20H25NO3S2.